The molecule has 0 fully saturated rings. The summed E-state index contributed by atoms with van der Waals surface area (Å²) >= 11 is 0. The number of hydrogen-bond acceptors (Lipinski definition) is 4. The van der Waals surface area contributed by atoms with Crippen molar-refractivity contribution < 1.29 is 19.1 Å². The minimum absolute atomic E-state index is 0.362. The van der Waals surface area contributed by atoms with E-state index in [0.29, 0.717) is 28.0 Å². The van der Waals surface area contributed by atoms with Gasteiger partial charge in [0.25, 0.3) is 11.8 Å². The second-order valence-electron chi connectivity index (χ2n) is 6.19. The Hall–Kier alpha value is -3.67. The molecule has 3 aromatic rings. The van der Waals surface area contributed by atoms with Crippen LogP contribution < -0.4 is 10.1 Å². The van der Waals surface area contributed by atoms with Gasteiger partial charge in [-0.15, -0.1) is 0 Å². The van der Waals surface area contributed by atoms with Crippen molar-refractivity contribution in [1.29, 1.82) is 0 Å². The maximum Gasteiger partial charge on any atom is 0.261 e. The van der Waals surface area contributed by atoms with Crippen LogP contribution in [0.5, 0.6) is 5.75 Å². The second-order valence-corrected chi connectivity index (χ2v) is 6.19. The average molecular weight is 360 g/mol. The molecule has 27 heavy (non-hydrogen) atoms. The number of benzene rings is 3. The Morgan fingerprint density at radius 3 is 2.22 bits per heavy atom. The van der Waals surface area contributed by atoms with E-state index in [1.807, 2.05) is 12.1 Å². The molecule has 1 N–H and O–H groups in total. The number of amides is 3. The van der Waals surface area contributed by atoms with Gasteiger partial charge in [0.1, 0.15) is 12.3 Å². The lowest BCUT2D eigenvalue weighted by Crippen LogP contribution is -2.44. The van der Waals surface area contributed by atoms with Gasteiger partial charge in [0, 0.05) is 28.3 Å². The van der Waals surface area contributed by atoms with E-state index in [0.717, 1.165) is 10.3 Å². The summed E-state index contributed by atoms with van der Waals surface area (Å²) in [5.41, 5.74) is 1.38. The lowest BCUT2D eigenvalue weighted by atomic mass is 9.94. The van der Waals surface area contributed by atoms with Crippen molar-refractivity contribution in [2.45, 2.75) is 0 Å². The molecular formula is C21H16N2O4. The molecule has 3 amide bonds. The topological polar surface area (TPSA) is 75.7 Å². The standard InChI is InChI=1S/C21H16N2O4/c1-27-15-8-4-7-14(11-15)22-18(24)12-23-20(25)16-9-2-5-13-6-3-10-17(19(13)16)21(23)26/h2-11H,12H2,1H3,(H,22,24). The lowest BCUT2D eigenvalue weighted by Gasteiger charge is -2.26. The smallest absolute Gasteiger partial charge is 0.261 e. The first-order chi connectivity index (χ1) is 13.1. The number of hydrogen-bond donors (Lipinski definition) is 1. The second kappa shape index (κ2) is 6.57. The molecule has 0 saturated heterocycles. The van der Waals surface area contributed by atoms with E-state index in [2.05, 4.69) is 5.32 Å². The van der Waals surface area contributed by atoms with Crippen molar-refractivity contribution >= 4 is 34.2 Å². The van der Waals surface area contributed by atoms with Gasteiger partial charge in [0.2, 0.25) is 5.91 Å². The van der Waals surface area contributed by atoms with Crippen LogP contribution in [0.25, 0.3) is 10.8 Å². The predicted molar refractivity (Wildman–Crippen MR) is 101 cm³/mol. The molecule has 6 heteroatoms. The van der Waals surface area contributed by atoms with Crippen molar-refractivity contribution in [2.75, 3.05) is 19.0 Å². The van der Waals surface area contributed by atoms with Crippen molar-refractivity contribution in [3.63, 3.8) is 0 Å². The molecule has 4 rings (SSSR count). The molecule has 6 nitrogen and oxygen atoms in total. The van der Waals surface area contributed by atoms with E-state index in [1.54, 1.807) is 48.5 Å². The molecule has 0 unspecified atom stereocenters. The maximum atomic E-state index is 12.8. The Kier molecular flexibility index (Phi) is 4.08. The third-order valence-corrected chi connectivity index (χ3v) is 4.51. The van der Waals surface area contributed by atoms with E-state index in [-0.39, 0.29) is 6.54 Å². The Morgan fingerprint density at radius 2 is 1.59 bits per heavy atom. The Bertz CT molecular complexity index is 1040. The van der Waals surface area contributed by atoms with E-state index in [4.69, 9.17) is 4.74 Å². The van der Waals surface area contributed by atoms with Crippen LogP contribution in [0.2, 0.25) is 0 Å². The zero-order valence-electron chi connectivity index (χ0n) is 14.6. The molecule has 1 aliphatic heterocycles. The van der Waals surface area contributed by atoms with Crippen molar-refractivity contribution in [1.82, 2.24) is 4.90 Å². The molecule has 0 aromatic heterocycles. The van der Waals surface area contributed by atoms with Gasteiger partial charge in [0.15, 0.2) is 0 Å². The van der Waals surface area contributed by atoms with E-state index in [9.17, 15) is 14.4 Å². The van der Waals surface area contributed by atoms with Crippen LogP contribution in [-0.2, 0) is 4.79 Å². The van der Waals surface area contributed by atoms with Crippen LogP contribution in [0.4, 0.5) is 5.69 Å². The Morgan fingerprint density at radius 1 is 0.963 bits per heavy atom. The molecule has 0 atom stereocenters. The highest BCUT2D eigenvalue weighted by atomic mass is 16.5. The lowest BCUT2D eigenvalue weighted by molar-refractivity contribution is -0.116. The van der Waals surface area contributed by atoms with Gasteiger partial charge in [-0.3, -0.25) is 19.3 Å². The number of methoxy groups -OCH3 is 1. The molecular weight excluding hydrogens is 344 g/mol. The molecule has 3 aromatic carbocycles. The molecule has 1 aliphatic rings. The first-order valence-electron chi connectivity index (χ1n) is 8.40. The highest BCUT2D eigenvalue weighted by Crippen LogP contribution is 2.29. The van der Waals surface area contributed by atoms with Gasteiger partial charge >= 0.3 is 0 Å². The molecule has 0 bridgehead atoms. The number of carbonyl (C=O) groups is 3. The van der Waals surface area contributed by atoms with Crippen LogP contribution >= 0.6 is 0 Å². The molecule has 0 saturated carbocycles. The van der Waals surface area contributed by atoms with Gasteiger partial charge in [-0.1, -0.05) is 30.3 Å². The number of nitrogens with zero attached hydrogens (tertiary/aromatic N) is 1. The summed E-state index contributed by atoms with van der Waals surface area (Å²) in [4.78, 5) is 39.0. The van der Waals surface area contributed by atoms with Gasteiger partial charge in [0.05, 0.1) is 7.11 Å². The van der Waals surface area contributed by atoms with E-state index >= 15 is 0 Å². The average Bonchev–Trinajstić information content (AvgIpc) is 2.69. The first kappa shape index (κ1) is 16.8. The van der Waals surface area contributed by atoms with Crippen LogP contribution in [0, 0.1) is 0 Å². The maximum absolute atomic E-state index is 12.8. The molecule has 1 heterocycles. The summed E-state index contributed by atoms with van der Waals surface area (Å²) in [6.45, 7) is -0.362. The van der Waals surface area contributed by atoms with Crippen LogP contribution in [-0.4, -0.2) is 36.3 Å². The molecule has 0 radical (unpaired) electrons. The largest absolute Gasteiger partial charge is 0.497 e. The summed E-state index contributed by atoms with van der Waals surface area (Å²) in [5.74, 6) is -0.801. The van der Waals surface area contributed by atoms with E-state index < -0.39 is 17.7 Å². The molecule has 134 valence electrons. The van der Waals surface area contributed by atoms with Gasteiger partial charge in [-0.25, -0.2) is 0 Å². The van der Waals surface area contributed by atoms with E-state index in [1.165, 1.54) is 7.11 Å². The summed E-state index contributed by atoms with van der Waals surface area (Å²) in [7, 11) is 1.53. The third-order valence-electron chi connectivity index (χ3n) is 4.51. The normalized spacial score (nSPS) is 13.0. The first-order valence-corrected chi connectivity index (χ1v) is 8.40. The fourth-order valence-electron chi connectivity index (χ4n) is 3.27. The zero-order valence-corrected chi connectivity index (χ0v) is 14.6. The van der Waals surface area contributed by atoms with Crippen molar-refractivity contribution in [3.8, 4) is 5.75 Å². The van der Waals surface area contributed by atoms with Gasteiger partial charge in [-0.05, 0) is 29.7 Å². The summed E-state index contributed by atoms with van der Waals surface area (Å²) in [6.07, 6.45) is 0. The number of rotatable bonds is 4. The molecule has 0 aliphatic carbocycles. The Balaban J connectivity index is 1.60. The van der Waals surface area contributed by atoms with Crippen molar-refractivity contribution in [3.05, 3.63) is 71.8 Å². The minimum Gasteiger partial charge on any atom is -0.497 e. The zero-order chi connectivity index (χ0) is 19.0. The third kappa shape index (κ3) is 2.91. The predicted octanol–water partition coefficient (Wildman–Crippen LogP) is 3.08. The van der Waals surface area contributed by atoms with Crippen molar-refractivity contribution in [2.24, 2.45) is 0 Å². The van der Waals surface area contributed by atoms with Crippen LogP contribution in [0.15, 0.2) is 60.7 Å². The molecule has 0 spiro atoms. The number of ether oxygens (including phenoxy) is 1. The summed E-state index contributed by atoms with van der Waals surface area (Å²) in [5, 5.41) is 4.15. The number of imide groups is 1. The summed E-state index contributed by atoms with van der Waals surface area (Å²) < 4.78 is 5.12. The fourth-order valence-corrected chi connectivity index (χ4v) is 3.27. The van der Waals surface area contributed by atoms with Gasteiger partial charge < -0.3 is 10.1 Å². The monoisotopic (exact) mass is 360 g/mol. The Labute approximate surface area is 155 Å². The highest BCUT2D eigenvalue weighted by molar-refractivity contribution is 6.26. The number of anilines is 1. The SMILES string of the molecule is COc1cccc(NC(=O)CN2C(=O)c3cccc4cccc(c34)C2=O)c1. The quantitative estimate of drug-likeness (QED) is 0.726. The fraction of sp³-hybridized carbons (Fsp3) is 0.0952. The highest BCUT2D eigenvalue weighted by Gasteiger charge is 2.33. The number of nitrogens with one attached hydrogen (secondary N) is 1. The number of carbonyl (C=O) groups excluding carboxylic acids is 3. The van der Waals surface area contributed by atoms with Crippen LogP contribution in [0.3, 0.4) is 0 Å². The van der Waals surface area contributed by atoms with Gasteiger partial charge in [-0.2, -0.15) is 0 Å². The van der Waals surface area contributed by atoms with Crippen LogP contribution in [0.1, 0.15) is 20.7 Å². The minimum atomic E-state index is -0.468. The summed E-state index contributed by atoms with van der Waals surface area (Å²) in [6, 6.07) is 17.5.